The Bertz CT molecular complexity index is 553. The number of sulfone groups is 1. The molecule has 0 unspecified atom stereocenters. The van der Waals surface area contributed by atoms with Gasteiger partial charge in [0.15, 0.2) is 9.84 Å². The first-order chi connectivity index (χ1) is 8.19. The van der Waals surface area contributed by atoms with E-state index in [1.165, 1.54) is 6.92 Å². The molecule has 0 N–H and O–H groups in total. The SMILES string of the molecule is CCS(=O)(=O)c1ccc(OC(F)(F)F)cc1N=O. The van der Waals surface area contributed by atoms with E-state index in [9.17, 15) is 26.5 Å². The number of halogens is 3. The van der Waals surface area contributed by atoms with Gasteiger partial charge in [-0.15, -0.1) is 18.1 Å². The monoisotopic (exact) mass is 283 g/mol. The van der Waals surface area contributed by atoms with E-state index in [4.69, 9.17) is 0 Å². The second-order valence-electron chi connectivity index (χ2n) is 3.17. The molecule has 100 valence electrons. The highest BCUT2D eigenvalue weighted by molar-refractivity contribution is 7.91. The van der Waals surface area contributed by atoms with Gasteiger partial charge in [-0.3, -0.25) is 0 Å². The normalized spacial score (nSPS) is 12.2. The van der Waals surface area contributed by atoms with Gasteiger partial charge in [0.2, 0.25) is 0 Å². The molecule has 0 aliphatic carbocycles. The van der Waals surface area contributed by atoms with Gasteiger partial charge >= 0.3 is 6.36 Å². The zero-order chi connectivity index (χ0) is 14.0. The van der Waals surface area contributed by atoms with Crippen molar-refractivity contribution in [2.45, 2.75) is 18.2 Å². The second kappa shape index (κ2) is 4.92. The summed E-state index contributed by atoms with van der Waals surface area (Å²) in [4.78, 5) is 10.0. The van der Waals surface area contributed by atoms with Crippen LogP contribution in [-0.4, -0.2) is 20.5 Å². The third kappa shape index (κ3) is 3.42. The van der Waals surface area contributed by atoms with Crippen LogP contribution in [0.2, 0.25) is 0 Å². The Labute approximate surface area is 100 Å². The van der Waals surface area contributed by atoms with Gasteiger partial charge in [0.05, 0.1) is 10.6 Å². The Morgan fingerprint density at radius 1 is 1.33 bits per heavy atom. The van der Waals surface area contributed by atoms with Crippen LogP contribution in [0.3, 0.4) is 0 Å². The van der Waals surface area contributed by atoms with Crippen molar-refractivity contribution in [3.8, 4) is 5.75 Å². The number of alkyl halides is 3. The molecule has 0 saturated heterocycles. The van der Waals surface area contributed by atoms with Crippen molar-refractivity contribution in [2.75, 3.05) is 5.75 Å². The summed E-state index contributed by atoms with van der Waals surface area (Å²) in [6, 6.07) is 2.30. The molecule has 0 spiro atoms. The van der Waals surface area contributed by atoms with Gasteiger partial charge < -0.3 is 4.74 Å². The fourth-order valence-electron chi connectivity index (χ4n) is 1.18. The lowest BCUT2D eigenvalue weighted by Gasteiger charge is -2.10. The van der Waals surface area contributed by atoms with Gasteiger partial charge in [-0.25, -0.2) is 8.42 Å². The number of nitroso groups, excluding NO2 is 1. The lowest BCUT2D eigenvalue weighted by Crippen LogP contribution is -2.17. The molecule has 0 atom stereocenters. The summed E-state index contributed by atoms with van der Waals surface area (Å²) in [5, 5.41) is 2.40. The maximum Gasteiger partial charge on any atom is 0.573 e. The van der Waals surface area contributed by atoms with Crippen LogP contribution in [0.1, 0.15) is 6.92 Å². The number of ether oxygens (including phenoxy) is 1. The highest BCUT2D eigenvalue weighted by Gasteiger charge is 2.31. The number of rotatable bonds is 4. The molecule has 9 heteroatoms. The Hall–Kier alpha value is -1.64. The topological polar surface area (TPSA) is 72.8 Å². The van der Waals surface area contributed by atoms with Crippen molar-refractivity contribution in [2.24, 2.45) is 5.18 Å². The van der Waals surface area contributed by atoms with Crippen LogP contribution in [0, 0.1) is 4.91 Å². The van der Waals surface area contributed by atoms with Crippen LogP contribution in [0.5, 0.6) is 5.75 Å². The molecule has 1 aromatic rings. The third-order valence-electron chi connectivity index (χ3n) is 1.98. The maximum atomic E-state index is 11.9. The molecule has 0 aliphatic heterocycles. The van der Waals surface area contributed by atoms with E-state index < -0.39 is 32.5 Å². The van der Waals surface area contributed by atoms with E-state index in [1.807, 2.05) is 0 Å². The van der Waals surface area contributed by atoms with Gasteiger partial charge in [-0.05, 0) is 17.3 Å². The van der Waals surface area contributed by atoms with Crippen LogP contribution in [0.15, 0.2) is 28.3 Å². The van der Waals surface area contributed by atoms with E-state index in [-0.39, 0.29) is 5.75 Å². The Morgan fingerprint density at radius 2 is 1.94 bits per heavy atom. The zero-order valence-electron chi connectivity index (χ0n) is 9.06. The minimum Gasteiger partial charge on any atom is -0.406 e. The molecule has 18 heavy (non-hydrogen) atoms. The maximum absolute atomic E-state index is 11.9. The largest absolute Gasteiger partial charge is 0.573 e. The van der Waals surface area contributed by atoms with Gasteiger partial charge in [0.1, 0.15) is 11.4 Å². The number of benzene rings is 1. The quantitative estimate of drug-likeness (QED) is 0.796. The minimum absolute atomic E-state index is 0.297. The zero-order valence-corrected chi connectivity index (χ0v) is 9.88. The summed E-state index contributed by atoms with van der Waals surface area (Å²) in [6.45, 7) is 1.34. The van der Waals surface area contributed by atoms with Crippen LogP contribution >= 0.6 is 0 Å². The van der Waals surface area contributed by atoms with Crippen molar-refractivity contribution in [3.05, 3.63) is 23.1 Å². The van der Waals surface area contributed by atoms with Gasteiger partial charge in [0, 0.05) is 6.07 Å². The second-order valence-corrected chi connectivity index (χ2v) is 5.42. The Balaban J connectivity index is 3.25. The molecular weight excluding hydrogens is 275 g/mol. The summed E-state index contributed by atoms with van der Waals surface area (Å²) in [6.07, 6.45) is -4.93. The first-order valence-electron chi connectivity index (χ1n) is 4.65. The molecule has 0 fully saturated rings. The predicted molar refractivity (Wildman–Crippen MR) is 56.3 cm³/mol. The van der Waals surface area contributed by atoms with Crippen LogP contribution < -0.4 is 4.74 Å². The molecule has 0 aliphatic rings. The van der Waals surface area contributed by atoms with Crippen LogP contribution in [0.4, 0.5) is 18.9 Å². The Morgan fingerprint density at radius 3 is 2.39 bits per heavy atom. The highest BCUT2D eigenvalue weighted by atomic mass is 32.2. The molecule has 1 rings (SSSR count). The lowest BCUT2D eigenvalue weighted by molar-refractivity contribution is -0.274. The molecule has 1 aromatic carbocycles. The van der Waals surface area contributed by atoms with E-state index in [2.05, 4.69) is 9.91 Å². The molecule has 0 heterocycles. The van der Waals surface area contributed by atoms with Gasteiger partial charge in [0.25, 0.3) is 0 Å². The molecule has 0 amide bonds. The number of nitrogens with zero attached hydrogens (tertiary/aromatic N) is 1. The van der Waals surface area contributed by atoms with Crippen LogP contribution in [0.25, 0.3) is 0 Å². The van der Waals surface area contributed by atoms with Crippen molar-refractivity contribution in [1.29, 1.82) is 0 Å². The summed E-state index contributed by atoms with van der Waals surface area (Å²) in [5.74, 6) is -0.998. The highest BCUT2D eigenvalue weighted by Crippen LogP contribution is 2.32. The fraction of sp³-hybridized carbons (Fsp3) is 0.333. The van der Waals surface area contributed by atoms with E-state index in [1.54, 1.807) is 0 Å². The molecule has 0 saturated carbocycles. The standard InChI is InChI=1S/C9H8F3NO4S/c1-2-18(15,16)8-4-3-6(5-7(8)13-14)17-9(10,11)12/h3-5H,2H2,1H3. The fourth-order valence-corrected chi connectivity index (χ4v) is 2.19. The van der Waals surface area contributed by atoms with E-state index in [0.717, 1.165) is 12.1 Å². The average Bonchev–Trinajstić information content (AvgIpc) is 2.26. The van der Waals surface area contributed by atoms with Crippen LogP contribution in [-0.2, 0) is 9.84 Å². The summed E-state index contributed by atoms with van der Waals surface area (Å²) in [5.41, 5.74) is -0.612. The summed E-state index contributed by atoms with van der Waals surface area (Å²) < 4.78 is 62.4. The minimum atomic E-state index is -4.93. The number of hydrogen-bond acceptors (Lipinski definition) is 5. The van der Waals surface area contributed by atoms with Crippen molar-refractivity contribution in [1.82, 2.24) is 0 Å². The predicted octanol–water partition coefficient (Wildman–Crippen LogP) is 2.78. The molecule has 0 radical (unpaired) electrons. The van der Waals surface area contributed by atoms with Gasteiger partial charge in [-0.1, -0.05) is 6.92 Å². The molecule has 0 aromatic heterocycles. The molecule has 5 nitrogen and oxygen atoms in total. The molecule has 0 bridgehead atoms. The first kappa shape index (κ1) is 14.4. The van der Waals surface area contributed by atoms with Gasteiger partial charge in [-0.2, -0.15) is 0 Å². The molecular formula is C9H8F3NO4S. The summed E-state index contributed by atoms with van der Waals surface area (Å²) >= 11 is 0. The van der Waals surface area contributed by atoms with Crippen molar-refractivity contribution < 1.29 is 26.3 Å². The van der Waals surface area contributed by atoms with Crippen molar-refractivity contribution in [3.63, 3.8) is 0 Å². The van der Waals surface area contributed by atoms with E-state index in [0.29, 0.717) is 6.07 Å². The van der Waals surface area contributed by atoms with E-state index >= 15 is 0 Å². The van der Waals surface area contributed by atoms with Crippen molar-refractivity contribution >= 4 is 15.5 Å². The lowest BCUT2D eigenvalue weighted by atomic mass is 10.3. The third-order valence-corrected chi connectivity index (χ3v) is 3.75. The number of hydrogen-bond donors (Lipinski definition) is 0. The Kier molecular flexibility index (Phi) is 3.95. The first-order valence-corrected chi connectivity index (χ1v) is 6.30. The smallest absolute Gasteiger partial charge is 0.406 e. The summed E-state index contributed by atoms with van der Waals surface area (Å²) in [7, 11) is -3.73. The average molecular weight is 283 g/mol.